The molecule has 0 aromatic heterocycles. The van der Waals surface area contributed by atoms with E-state index in [2.05, 4.69) is 12.2 Å². The lowest BCUT2D eigenvalue weighted by Gasteiger charge is -2.38. The number of halogens is 1. The standard InChI is InChI=1S/C19H27N3O3.ClH/c1-14-12-16(6-7-20-14)19(24)22-10-8-21(9-11-22)18(23)15-4-3-5-17(13-15)25-2;/h3-5,13-14,16,20H,6-12H2,1-2H3;1H/t14-,16-;/m0./s1. The van der Waals surface area contributed by atoms with Gasteiger partial charge in [-0.15, -0.1) is 12.4 Å². The number of piperidine rings is 1. The summed E-state index contributed by atoms with van der Waals surface area (Å²) in [5.74, 6) is 1.06. The second kappa shape index (κ2) is 9.24. The third-order valence-corrected chi connectivity index (χ3v) is 5.17. The summed E-state index contributed by atoms with van der Waals surface area (Å²) >= 11 is 0. The third-order valence-electron chi connectivity index (χ3n) is 5.17. The van der Waals surface area contributed by atoms with Gasteiger partial charge in [-0.3, -0.25) is 9.59 Å². The number of piperazine rings is 1. The van der Waals surface area contributed by atoms with E-state index in [0.29, 0.717) is 43.5 Å². The van der Waals surface area contributed by atoms with E-state index in [9.17, 15) is 9.59 Å². The number of methoxy groups -OCH3 is 1. The topological polar surface area (TPSA) is 61.9 Å². The Labute approximate surface area is 161 Å². The van der Waals surface area contributed by atoms with E-state index < -0.39 is 0 Å². The van der Waals surface area contributed by atoms with Crippen molar-refractivity contribution in [1.82, 2.24) is 15.1 Å². The number of nitrogens with zero attached hydrogens (tertiary/aromatic N) is 2. The second-order valence-corrected chi connectivity index (χ2v) is 6.93. The minimum atomic E-state index is 0. The molecular formula is C19H28ClN3O3. The van der Waals surface area contributed by atoms with Crippen LogP contribution in [0.3, 0.4) is 0 Å². The first-order valence-electron chi connectivity index (χ1n) is 9.04. The predicted octanol–water partition coefficient (Wildman–Crippen LogP) is 1.79. The van der Waals surface area contributed by atoms with Crippen LogP contribution < -0.4 is 10.1 Å². The van der Waals surface area contributed by atoms with Gasteiger partial charge < -0.3 is 19.9 Å². The van der Waals surface area contributed by atoms with E-state index >= 15 is 0 Å². The van der Waals surface area contributed by atoms with Crippen LogP contribution in [0.25, 0.3) is 0 Å². The van der Waals surface area contributed by atoms with Gasteiger partial charge in [0.15, 0.2) is 0 Å². The number of rotatable bonds is 3. The molecule has 144 valence electrons. The monoisotopic (exact) mass is 381 g/mol. The van der Waals surface area contributed by atoms with Gasteiger partial charge in [0.25, 0.3) is 5.91 Å². The molecule has 2 atom stereocenters. The molecule has 1 N–H and O–H groups in total. The first-order chi connectivity index (χ1) is 12.1. The summed E-state index contributed by atoms with van der Waals surface area (Å²) in [6, 6.07) is 7.62. The number of carbonyl (C=O) groups excluding carboxylic acids is 2. The third kappa shape index (κ3) is 4.68. The summed E-state index contributed by atoms with van der Waals surface area (Å²) < 4.78 is 5.19. The number of carbonyl (C=O) groups is 2. The van der Waals surface area contributed by atoms with E-state index in [4.69, 9.17) is 4.74 Å². The molecule has 2 heterocycles. The number of hydrogen-bond acceptors (Lipinski definition) is 4. The van der Waals surface area contributed by atoms with Gasteiger partial charge in [0.05, 0.1) is 7.11 Å². The lowest BCUT2D eigenvalue weighted by molar-refractivity contribution is -0.138. The highest BCUT2D eigenvalue weighted by molar-refractivity contribution is 5.94. The number of amides is 2. The SMILES string of the molecule is COc1cccc(C(=O)N2CCN(C(=O)[C@H]3CCN[C@@H](C)C3)CC2)c1.Cl. The minimum Gasteiger partial charge on any atom is -0.497 e. The van der Waals surface area contributed by atoms with Gasteiger partial charge >= 0.3 is 0 Å². The van der Waals surface area contributed by atoms with Crippen LogP contribution in [0.2, 0.25) is 0 Å². The molecule has 0 spiro atoms. The van der Waals surface area contributed by atoms with Crippen LogP contribution in [0.1, 0.15) is 30.1 Å². The smallest absolute Gasteiger partial charge is 0.254 e. The van der Waals surface area contributed by atoms with Gasteiger partial charge in [0, 0.05) is 43.7 Å². The lowest BCUT2D eigenvalue weighted by atomic mass is 9.92. The van der Waals surface area contributed by atoms with Crippen LogP contribution in [-0.4, -0.2) is 67.5 Å². The molecule has 2 aliphatic heterocycles. The average Bonchev–Trinajstić information content (AvgIpc) is 2.67. The highest BCUT2D eigenvalue weighted by atomic mass is 35.5. The zero-order chi connectivity index (χ0) is 17.8. The van der Waals surface area contributed by atoms with E-state index in [1.807, 2.05) is 21.9 Å². The molecule has 1 aromatic carbocycles. The van der Waals surface area contributed by atoms with Gasteiger partial charge in [-0.2, -0.15) is 0 Å². The molecule has 6 nitrogen and oxygen atoms in total. The maximum absolute atomic E-state index is 12.7. The molecule has 3 rings (SSSR count). The van der Waals surface area contributed by atoms with Crippen molar-refractivity contribution in [3.8, 4) is 5.75 Å². The Morgan fingerprint density at radius 3 is 2.50 bits per heavy atom. The number of benzene rings is 1. The molecular weight excluding hydrogens is 354 g/mol. The maximum atomic E-state index is 12.7. The molecule has 0 radical (unpaired) electrons. The summed E-state index contributed by atoms with van der Waals surface area (Å²) in [5, 5.41) is 3.39. The fourth-order valence-corrected chi connectivity index (χ4v) is 3.68. The Morgan fingerprint density at radius 2 is 1.85 bits per heavy atom. The average molecular weight is 382 g/mol. The van der Waals surface area contributed by atoms with E-state index in [1.54, 1.807) is 19.2 Å². The zero-order valence-electron chi connectivity index (χ0n) is 15.4. The second-order valence-electron chi connectivity index (χ2n) is 6.93. The number of ether oxygens (including phenoxy) is 1. The Kier molecular flexibility index (Phi) is 7.29. The van der Waals surface area contributed by atoms with Crippen LogP contribution >= 0.6 is 12.4 Å². The summed E-state index contributed by atoms with van der Waals surface area (Å²) in [4.78, 5) is 29.1. The van der Waals surface area contributed by atoms with Crippen molar-refractivity contribution < 1.29 is 14.3 Å². The fraction of sp³-hybridized carbons (Fsp3) is 0.579. The molecule has 0 saturated carbocycles. The fourth-order valence-electron chi connectivity index (χ4n) is 3.68. The molecule has 0 bridgehead atoms. The Morgan fingerprint density at radius 1 is 1.15 bits per heavy atom. The molecule has 2 saturated heterocycles. The largest absolute Gasteiger partial charge is 0.497 e. The van der Waals surface area contributed by atoms with Crippen molar-refractivity contribution in [3.05, 3.63) is 29.8 Å². The van der Waals surface area contributed by atoms with Gasteiger partial charge in [-0.1, -0.05) is 6.07 Å². The van der Waals surface area contributed by atoms with Crippen molar-refractivity contribution in [1.29, 1.82) is 0 Å². The first-order valence-corrected chi connectivity index (χ1v) is 9.04. The van der Waals surface area contributed by atoms with Crippen molar-refractivity contribution in [2.75, 3.05) is 39.8 Å². The molecule has 2 fully saturated rings. The van der Waals surface area contributed by atoms with Crippen LogP contribution in [0.15, 0.2) is 24.3 Å². The molecule has 2 amide bonds. The summed E-state index contributed by atoms with van der Waals surface area (Å²) in [6.07, 6.45) is 1.81. The Balaban J connectivity index is 0.00000243. The van der Waals surface area contributed by atoms with Crippen LogP contribution in [0.4, 0.5) is 0 Å². The highest BCUT2D eigenvalue weighted by Crippen LogP contribution is 2.20. The van der Waals surface area contributed by atoms with Crippen molar-refractivity contribution in [3.63, 3.8) is 0 Å². The zero-order valence-corrected chi connectivity index (χ0v) is 16.3. The van der Waals surface area contributed by atoms with Gasteiger partial charge in [0.1, 0.15) is 5.75 Å². The Bertz CT molecular complexity index is 632. The van der Waals surface area contributed by atoms with Crippen LogP contribution in [-0.2, 0) is 4.79 Å². The maximum Gasteiger partial charge on any atom is 0.254 e. The molecule has 0 unspecified atom stereocenters. The normalized spacial score (nSPS) is 23.2. The highest BCUT2D eigenvalue weighted by Gasteiger charge is 2.31. The van der Waals surface area contributed by atoms with E-state index in [1.165, 1.54) is 0 Å². The lowest BCUT2D eigenvalue weighted by Crippen LogP contribution is -2.53. The number of hydrogen-bond donors (Lipinski definition) is 1. The van der Waals surface area contributed by atoms with Crippen molar-refractivity contribution >= 4 is 24.2 Å². The van der Waals surface area contributed by atoms with E-state index in [-0.39, 0.29) is 30.1 Å². The minimum absolute atomic E-state index is 0. The number of nitrogens with one attached hydrogen (secondary N) is 1. The van der Waals surface area contributed by atoms with Crippen molar-refractivity contribution in [2.24, 2.45) is 5.92 Å². The molecule has 2 aliphatic rings. The van der Waals surface area contributed by atoms with Crippen LogP contribution in [0.5, 0.6) is 5.75 Å². The van der Waals surface area contributed by atoms with Gasteiger partial charge in [-0.25, -0.2) is 0 Å². The van der Waals surface area contributed by atoms with Gasteiger partial charge in [0.2, 0.25) is 5.91 Å². The van der Waals surface area contributed by atoms with Crippen LogP contribution in [0, 0.1) is 5.92 Å². The van der Waals surface area contributed by atoms with Gasteiger partial charge in [-0.05, 0) is 44.5 Å². The summed E-state index contributed by atoms with van der Waals surface area (Å²) in [7, 11) is 1.59. The predicted molar refractivity (Wildman–Crippen MR) is 103 cm³/mol. The Hall–Kier alpha value is -1.79. The molecule has 0 aliphatic carbocycles. The molecule has 26 heavy (non-hydrogen) atoms. The van der Waals surface area contributed by atoms with E-state index in [0.717, 1.165) is 19.4 Å². The quantitative estimate of drug-likeness (QED) is 0.867. The first kappa shape index (κ1) is 20.5. The summed E-state index contributed by atoms with van der Waals surface area (Å²) in [6.45, 7) is 5.44. The molecule has 7 heteroatoms. The molecule has 1 aromatic rings. The summed E-state index contributed by atoms with van der Waals surface area (Å²) in [5.41, 5.74) is 0.631. The van der Waals surface area contributed by atoms with Crippen molar-refractivity contribution in [2.45, 2.75) is 25.8 Å².